The molecule has 0 aromatic heterocycles. The van der Waals surface area contributed by atoms with Crippen LogP contribution in [0.5, 0.6) is 5.75 Å². The Kier molecular flexibility index (Phi) is 4.77. The van der Waals surface area contributed by atoms with Crippen molar-refractivity contribution in [2.45, 2.75) is 19.8 Å². The summed E-state index contributed by atoms with van der Waals surface area (Å²) in [6.07, 6.45) is 1.02. The first-order valence-electron chi connectivity index (χ1n) is 6.74. The molecular formula is C17H19NO2. The SMILES string of the molecule is Cc1ccc(CC(=O)NCCc2ccccc2O)cc1. The van der Waals surface area contributed by atoms with Gasteiger partial charge in [-0.25, -0.2) is 0 Å². The van der Waals surface area contributed by atoms with Crippen molar-refractivity contribution in [3.05, 3.63) is 65.2 Å². The van der Waals surface area contributed by atoms with Crippen molar-refractivity contribution in [3.63, 3.8) is 0 Å². The zero-order valence-corrected chi connectivity index (χ0v) is 11.6. The van der Waals surface area contributed by atoms with Gasteiger partial charge in [-0.15, -0.1) is 0 Å². The fraction of sp³-hybridized carbons (Fsp3) is 0.235. The maximum absolute atomic E-state index is 11.8. The van der Waals surface area contributed by atoms with Gasteiger partial charge in [0.05, 0.1) is 6.42 Å². The normalized spacial score (nSPS) is 10.2. The molecule has 0 spiro atoms. The molecular weight excluding hydrogens is 250 g/mol. The lowest BCUT2D eigenvalue weighted by molar-refractivity contribution is -0.120. The number of phenols is 1. The zero-order valence-electron chi connectivity index (χ0n) is 11.6. The van der Waals surface area contributed by atoms with E-state index in [0.717, 1.165) is 11.1 Å². The van der Waals surface area contributed by atoms with Crippen LogP contribution >= 0.6 is 0 Å². The molecule has 104 valence electrons. The first-order valence-corrected chi connectivity index (χ1v) is 6.74. The van der Waals surface area contributed by atoms with Gasteiger partial charge in [0.2, 0.25) is 5.91 Å². The van der Waals surface area contributed by atoms with Crippen molar-refractivity contribution in [2.24, 2.45) is 0 Å². The number of aryl methyl sites for hydroxylation is 1. The van der Waals surface area contributed by atoms with Gasteiger partial charge in [0, 0.05) is 6.54 Å². The number of hydrogen-bond acceptors (Lipinski definition) is 2. The number of carbonyl (C=O) groups excluding carboxylic acids is 1. The van der Waals surface area contributed by atoms with Crippen LogP contribution in [0, 0.1) is 6.92 Å². The van der Waals surface area contributed by atoms with E-state index in [1.54, 1.807) is 12.1 Å². The predicted octanol–water partition coefficient (Wildman–Crippen LogP) is 2.60. The number of para-hydroxylation sites is 1. The van der Waals surface area contributed by atoms with Gasteiger partial charge in [-0.1, -0.05) is 48.0 Å². The molecule has 0 unspecified atom stereocenters. The second-order valence-corrected chi connectivity index (χ2v) is 4.89. The predicted molar refractivity (Wildman–Crippen MR) is 79.7 cm³/mol. The molecule has 0 radical (unpaired) electrons. The van der Waals surface area contributed by atoms with E-state index < -0.39 is 0 Å². The number of hydrogen-bond donors (Lipinski definition) is 2. The molecule has 0 fully saturated rings. The summed E-state index contributed by atoms with van der Waals surface area (Å²) in [6.45, 7) is 2.55. The van der Waals surface area contributed by atoms with Crippen LogP contribution in [-0.4, -0.2) is 17.6 Å². The minimum absolute atomic E-state index is 0.00396. The Morgan fingerprint density at radius 1 is 1.10 bits per heavy atom. The molecule has 0 atom stereocenters. The number of amides is 1. The van der Waals surface area contributed by atoms with Crippen LogP contribution in [0.15, 0.2) is 48.5 Å². The van der Waals surface area contributed by atoms with Gasteiger partial charge in [0.15, 0.2) is 0 Å². The number of rotatable bonds is 5. The third-order valence-electron chi connectivity index (χ3n) is 3.19. The van der Waals surface area contributed by atoms with Crippen LogP contribution in [-0.2, 0) is 17.6 Å². The topological polar surface area (TPSA) is 49.3 Å². The number of carbonyl (C=O) groups is 1. The summed E-state index contributed by atoms with van der Waals surface area (Å²) in [4.78, 5) is 11.8. The van der Waals surface area contributed by atoms with E-state index in [1.807, 2.05) is 43.3 Å². The summed E-state index contributed by atoms with van der Waals surface area (Å²) in [5.74, 6) is 0.282. The maximum atomic E-state index is 11.8. The third-order valence-corrected chi connectivity index (χ3v) is 3.19. The zero-order chi connectivity index (χ0) is 14.4. The Bertz CT molecular complexity index is 576. The molecule has 0 saturated carbocycles. The molecule has 0 aliphatic rings. The highest BCUT2D eigenvalue weighted by Gasteiger charge is 2.04. The first kappa shape index (κ1) is 14.1. The fourth-order valence-electron chi connectivity index (χ4n) is 2.01. The van der Waals surface area contributed by atoms with Gasteiger partial charge >= 0.3 is 0 Å². The molecule has 2 aromatic carbocycles. The second kappa shape index (κ2) is 6.75. The van der Waals surface area contributed by atoms with Crippen molar-refractivity contribution < 1.29 is 9.90 Å². The van der Waals surface area contributed by atoms with Gasteiger partial charge in [0.25, 0.3) is 0 Å². The van der Waals surface area contributed by atoms with Crippen molar-refractivity contribution in [1.29, 1.82) is 0 Å². The van der Waals surface area contributed by atoms with Gasteiger partial charge in [-0.3, -0.25) is 4.79 Å². The van der Waals surface area contributed by atoms with Crippen LogP contribution in [0.25, 0.3) is 0 Å². The lowest BCUT2D eigenvalue weighted by Crippen LogP contribution is -2.27. The Morgan fingerprint density at radius 3 is 2.50 bits per heavy atom. The van der Waals surface area contributed by atoms with Crippen LogP contribution in [0.4, 0.5) is 0 Å². The molecule has 0 aliphatic heterocycles. The maximum Gasteiger partial charge on any atom is 0.224 e. The summed E-state index contributed by atoms with van der Waals surface area (Å²) in [6, 6.07) is 15.1. The van der Waals surface area contributed by atoms with E-state index in [0.29, 0.717) is 19.4 Å². The lowest BCUT2D eigenvalue weighted by Gasteiger charge is -2.07. The van der Waals surface area contributed by atoms with E-state index in [-0.39, 0.29) is 11.7 Å². The molecule has 1 amide bonds. The molecule has 2 N–H and O–H groups in total. The molecule has 0 bridgehead atoms. The average molecular weight is 269 g/mol. The van der Waals surface area contributed by atoms with Gasteiger partial charge in [-0.05, 0) is 30.5 Å². The van der Waals surface area contributed by atoms with E-state index in [1.165, 1.54) is 5.56 Å². The summed E-state index contributed by atoms with van der Waals surface area (Å²) >= 11 is 0. The molecule has 0 heterocycles. The number of aromatic hydroxyl groups is 1. The quantitative estimate of drug-likeness (QED) is 0.876. The Balaban J connectivity index is 1.78. The highest BCUT2D eigenvalue weighted by molar-refractivity contribution is 5.78. The minimum Gasteiger partial charge on any atom is -0.508 e. The Labute approximate surface area is 119 Å². The van der Waals surface area contributed by atoms with Crippen LogP contribution in [0.2, 0.25) is 0 Å². The van der Waals surface area contributed by atoms with Crippen molar-refractivity contribution >= 4 is 5.91 Å². The van der Waals surface area contributed by atoms with Crippen LogP contribution in [0.3, 0.4) is 0 Å². The largest absolute Gasteiger partial charge is 0.508 e. The van der Waals surface area contributed by atoms with Crippen LogP contribution < -0.4 is 5.32 Å². The standard InChI is InChI=1S/C17H19NO2/c1-13-6-8-14(9-7-13)12-17(20)18-11-10-15-4-2-3-5-16(15)19/h2-9,19H,10-12H2,1H3,(H,18,20). The monoisotopic (exact) mass is 269 g/mol. The van der Waals surface area contributed by atoms with E-state index in [9.17, 15) is 9.90 Å². The summed E-state index contributed by atoms with van der Waals surface area (Å²) in [5.41, 5.74) is 3.05. The van der Waals surface area contributed by atoms with E-state index in [4.69, 9.17) is 0 Å². The highest BCUT2D eigenvalue weighted by atomic mass is 16.3. The number of benzene rings is 2. The van der Waals surface area contributed by atoms with Crippen molar-refractivity contribution in [2.75, 3.05) is 6.54 Å². The lowest BCUT2D eigenvalue weighted by atomic mass is 10.1. The Morgan fingerprint density at radius 2 is 1.80 bits per heavy atom. The summed E-state index contributed by atoms with van der Waals surface area (Å²) in [7, 11) is 0. The third kappa shape index (κ3) is 4.12. The highest BCUT2D eigenvalue weighted by Crippen LogP contribution is 2.15. The number of nitrogens with one attached hydrogen (secondary N) is 1. The molecule has 2 aromatic rings. The van der Waals surface area contributed by atoms with Crippen molar-refractivity contribution in [3.8, 4) is 5.75 Å². The second-order valence-electron chi connectivity index (χ2n) is 4.89. The average Bonchev–Trinajstić information content (AvgIpc) is 2.43. The first-order chi connectivity index (χ1) is 9.65. The van der Waals surface area contributed by atoms with Gasteiger partial charge in [0.1, 0.15) is 5.75 Å². The summed E-state index contributed by atoms with van der Waals surface area (Å²) < 4.78 is 0. The Hall–Kier alpha value is -2.29. The van der Waals surface area contributed by atoms with Gasteiger partial charge < -0.3 is 10.4 Å². The molecule has 2 rings (SSSR count). The molecule has 0 saturated heterocycles. The fourth-order valence-corrected chi connectivity index (χ4v) is 2.01. The molecule has 3 nitrogen and oxygen atoms in total. The smallest absolute Gasteiger partial charge is 0.224 e. The van der Waals surface area contributed by atoms with E-state index in [2.05, 4.69) is 5.32 Å². The van der Waals surface area contributed by atoms with E-state index >= 15 is 0 Å². The molecule has 3 heteroatoms. The minimum atomic E-state index is 0.00396. The van der Waals surface area contributed by atoms with Crippen LogP contribution in [0.1, 0.15) is 16.7 Å². The van der Waals surface area contributed by atoms with Crippen molar-refractivity contribution in [1.82, 2.24) is 5.32 Å². The summed E-state index contributed by atoms with van der Waals surface area (Å²) in [5, 5.41) is 12.5. The molecule has 0 aliphatic carbocycles. The van der Waals surface area contributed by atoms with Gasteiger partial charge in [-0.2, -0.15) is 0 Å². The molecule has 20 heavy (non-hydrogen) atoms. The number of phenolic OH excluding ortho intramolecular Hbond substituents is 1.